The van der Waals surface area contributed by atoms with Crippen LogP contribution < -0.4 is 4.89 Å². The molecule has 80 valence electrons. The summed E-state index contributed by atoms with van der Waals surface area (Å²) < 4.78 is 80.4. The van der Waals surface area contributed by atoms with Crippen molar-refractivity contribution in [2.45, 2.75) is 12.7 Å². The molecule has 13 heavy (non-hydrogen) atoms. The molecule has 0 aliphatic rings. The summed E-state index contributed by atoms with van der Waals surface area (Å²) in [5.74, 6) is 0. The van der Waals surface area contributed by atoms with Crippen LogP contribution in [0.15, 0.2) is 0 Å². The molecule has 0 radical (unpaired) electrons. The molecule has 0 rings (SSSR count). The summed E-state index contributed by atoms with van der Waals surface area (Å²) in [4.78, 5) is 9.81. The Kier molecular flexibility index (Phi) is 3.36. The van der Waals surface area contributed by atoms with Gasteiger partial charge in [-0.3, -0.25) is 4.57 Å². The summed E-state index contributed by atoms with van der Waals surface area (Å²) in [5.41, 5.74) is 0. The van der Waals surface area contributed by atoms with Crippen molar-refractivity contribution in [2.75, 3.05) is 0 Å². The van der Waals surface area contributed by atoms with Crippen molar-refractivity contribution in [1.82, 2.24) is 0 Å². The number of hydrogen-bond donors (Lipinski definition) is 0. The molecule has 0 heterocycles. The van der Waals surface area contributed by atoms with Crippen LogP contribution in [-0.4, -0.2) is 12.7 Å². The molecule has 11 heteroatoms. The maximum atomic E-state index is 11.1. The lowest BCUT2D eigenvalue weighted by atomic mass is 11.4. The van der Waals surface area contributed by atoms with Gasteiger partial charge < -0.3 is 4.89 Å². The molecule has 0 aromatic carbocycles. The molecule has 0 aromatic rings. The second-order valence-corrected chi connectivity index (χ2v) is 2.78. The van der Waals surface area contributed by atoms with Crippen LogP contribution in [0.5, 0.6) is 0 Å². The first kappa shape index (κ1) is 12.7. The highest BCUT2D eigenvalue weighted by Crippen LogP contribution is 2.49. The molecule has 0 spiro atoms. The van der Waals surface area contributed by atoms with Gasteiger partial charge in [0.1, 0.15) is 0 Å². The van der Waals surface area contributed by atoms with E-state index < -0.39 is 20.5 Å². The summed E-state index contributed by atoms with van der Waals surface area (Å²) in [7, 11) is -6.44. The standard InChI is InChI=1S/C2HF6O4P/c3-1(4,5)11-13(9,10)12-2(6,7)8/h(H,9,10)/p-1. The third kappa shape index (κ3) is 8.03. The van der Waals surface area contributed by atoms with E-state index in [1.807, 2.05) is 0 Å². The van der Waals surface area contributed by atoms with Crippen LogP contribution in [0.2, 0.25) is 0 Å². The Balaban J connectivity index is 4.35. The highest BCUT2D eigenvalue weighted by molar-refractivity contribution is 7.45. The van der Waals surface area contributed by atoms with Gasteiger partial charge in [0.05, 0.1) is 0 Å². The Labute approximate surface area is 66.7 Å². The van der Waals surface area contributed by atoms with Gasteiger partial charge in [-0.1, -0.05) is 0 Å². The molecule has 0 saturated heterocycles. The lowest BCUT2D eigenvalue weighted by Crippen LogP contribution is -2.23. The van der Waals surface area contributed by atoms with Gasteiger partial charge in [-0.15, -0.1) is 26.3 Å². The van der Waals surface area contributed by atoms with Crippen molar-refractivity contribution >= 4 is 7.82 Å². The number of rotatable bonds is 2. The van der Waals surface area contributed by atoms with E-state index in [0.29, 0.717) is 0 Å². The summed E-state index contributed by atoms with van der Waals surface area (Å²) in [6.07, 6.45) is -11.5. The Morgan fingerprint density at radius 1 is 0.923 bits per heavy atom. The predicted octanol–water partition coefficient (Wildman–Crippen LogP) is 1.53. The predicted molar refractivity (Wildman–Crippen MR) is 21.9 cm³/mol. The normalized spacial score (nSPS) is 14.7. The van der Waals surface area contributed by atoms with Crippen LogP contribution in [0.1, 0.15) is 0 Å². The maximum absolute atomic E-state index is 11.1. The Morgan fingerprint density at radius 3 is 1.31 bits per heavy atom. The van der Waals surface area contributed by atoms with Crippen molar-refractivity contribution in [2.24, 2.45) is 0 Å². The first-order valence-corrected chi connectivity index (χ1v) is 3.73. The van der Waals surface area contributed by atoms with E-state index in [-0.39, 0.29) is 0 Å². The van der Waals surface area contributed by atoms with Gasteiger partial charge in [0.2, 0.25) is 0 Å². The van der Waals surface area contributed by atoms with E-state index in [4.69, 9.17) is 0 Å². The molecular weight excluding hydrogens is 233 g/mol. The quantitative estimate of drug-likeness (QED) is 0.536. The SMILES string of the molecule is O=P([O-])(OC(F)(F)F)OC(F)(F)F. The highest BCUT2D eigenvalue weighted by atomic mass is 31.2. The van der Waals surface area contributed by atoms with Gasteiger partial charge >= 0.3 is 12.7 Å². The van der Waals surface area contributed by atoms with E-state index >= 15 is 0 Å². The minimum Gasteiger partial charge on any atom is -0.756 e. The Hall–Kier alpha value is -0.310. The molecule has 0 N–H and O–H groups in total. The fraction of sp³-hybridized carbons (Fsp3) is 1.00. The summed E-state index contributed by atoms with van der Waals surface area (Å²) in [6.45, 7) is 0. The van der Waals surface area contributed by atoms with Crippen LogP contribution in [0.25, 0.3) is 0 Å². The van der Waals surface area contributed by atoms with E-state index in [1.54, 1.807) is 0 Å². The zero-order valence-corrected chi connectivity index (χ0v) is 6.24. The average Bonchev–Trinajstić information content (AvgIpc) is 1.43. The molecule has 0 fully saturated rings. The average molecular weight is 233 g/mol. The third-order valence-electron chi connectivity index (χ3n) is 0.431. The first-order chi connectivity index (χ1) is 5.41. The molecule has 0 aliphatic heterocycles. The number of hydrogen-bond acceptors (Lipinski definition) is 4. The number of halogens is 6. The van der Waals surface area contributed by atoms with Crippen molar-refractivity contribution < 1.29 is 44.8 Å². The van der Waals surface area contributed by atoms with Gasteiger partial charge in [0.15, 0.2) is 0 Å². The second kappa shape index (κ2) is 3.45. The molecule has 0 aromatic heterocycles. The van der Waals surface area contributed by atoms with E-state index in [2.05, 4.69) is 9.05 Å². The number of phosphoric ester groups is 1. The van der Waals surface area contributed by atoms with Crippen LogP contribution in [-0.2, 0) is 13.6 Å². The van der Waals surface area contributed by atoms with Crippen molar-refractivity contribution in [3.05, 3.63) is 0 Å². The van der Waals surface area contributed by atoms with Gasteiger partial charge in [-0.05, 0) is 0 Å². The van der Waals surface area contributed by atoms with Crippen molar-refractivity contribution in [1.29, 1.82) is 0 Å². The van der Waals surface area contributed by atoms with Crippen molar-refractivity contribution in [3.63, 3.8) is 0 Å². The Bertz CT molecular complexity index is 198. The largest absolute Gasteiger partial charge is 0.756 e. The van der Waals surface area contributed by atoms with Gasteiger partial charge in [-0.2, -0.15) is 0 Å². The molecular formula is C2F6O4P-. The zero-order chi connectivity index (χ0) is 10.9. The van der Waals surface area contributed by atoms with Crippen LogP contribution in [0, 0.1) is 0 Å². The van der Waals surface area contributed by atoms with Crippen molar-refractivity contribution in [3.8, 4) is 0 Å². The maximum Gasteiger partial charge on any atom is 0.528 e. The Morgan fingerprint density at radius 2 is 1.15 bits per heavy atom. The number of phosphoric acid groups is 1. The molecule has 0 amide bonds. The fourth-order valence-electron chi connectivity index (χ4n) is 0.272. The van der Waals surface area contributed by atoms with Crippen LogP contribution in [0.4, 0.5) is 26.3 Å². The minimum absolute atomic E-state index is 2.06. The summed E-state index contributed by atoms with van der Waals surface area (Å²) in [5, 5.41) is 0. The fourth-order valence-corrected chi connectivity index (χ4v) is 0.817. The lowest BCUT2D eigenvalue weighted by Gasteiger charge is -2.23. The number of alkyl halides is 6. The first-order valence-electron chi connectivity index (χ1n) is 2.27. The van der Waals surface area contributed by atoms with E-state index in [1.165, 1.54) is 0 Å². The van der Waals surface area contributed by atoms with E-state index in [0.717, 1.165) is 0 Å². The monoisotopic (exact) mass is 233 g/mol. The van der Waals surface area contributed by atoms with Crippen LogP contribution in [0.3, 0.4) is 0 Å². The molecule has 0 atom stereocenters. The second-order valence-electron chi connectivity index (χ2n) is 1.52. The topological polar surface area (TPSA) is 58.6 Å². The zero-order valence-electron chi connectivity index (χ0n) is 5.35. The molecule has 0 aliphatic carbocycles. The minimum atomic E-state index is -6.44. The van der Waals surface area contributed by atoms with Gasteiger partial charge in [-0.25, -0.2) is 9.05 Å². The van der Waals surface area contributed by atoms with E-state index in [9.17, 15) is 35.8 Å². The summed E-state index contributed by atoms with van der Waals surface area (Å²) >= 11 is 0. The molecule has 0 bridgehead atoms. The highest BCUT2D eigenvalue weighted by Gasteiger charge is 2.42. The summed E-state index contributed by atoms with van der Waals surface area (Å²) in [6, 6.07) is 0. The third-order valence-corrected chi connectivity index (χ3v) is 1.29. The van der Waals surface area contributed by atoms with Gasteiger partial charge in [0.25, 0.3) is 7.82 Å². The molecule has 0 unspecified atom stereocenters. The smallest absolute Gasteiger partial charge is 0.528 e. The van der Waals surface area contributed by atoms with Gasteiger partial charge in [0, 0.05) is 0 Å². The lowest BCUT2D eigenvalue weighted by molar-refractivity contribution is -0.358. The van der Waals surface area contributed by atoms with Crippen LogP contribution >= 0.6 is 7.82 Å². The molecule has 4 nitrogen and oxygen atoms in total. The molecule has 0 saturated carbocycles.